The van der Waals surface area contributed by atoms with E-state index in [4.69, 9.17) is 0 Å². The van der Waals surface area contributed by atoms with Crippen LogP contribution in [0.25, 0.3) is 0 Å². The van der Waals surface area contributed by atoms with Crippen LogP contribution in [0, 0.1) is 0 Å². The van der Waals surface area contributed by atoms with Crippen LogP contribution in [0.5, 0.6) is 0 Å². The predicted octanol–water partition coefficient (Wildman–Crippen LogP) is 2.23. The minimum Gasteiger partial charge on any atom is -0.258 e. The third-order valence-corrected chi connectivity index (χ3v) is 3.87. The second kappa shape index (κ2) is 3.81. The molecule has 0 fully saturated rings. The zero-order valence-corrected chi connectivity index (χ0v) is 8.80. The molecule has 0 bridgehead atoms. The van der Waals surface area contributed by atoms with Gasteiger partial charge in [0.2, 0.25) is 0 Å². The lowest BCUT2D eigenvalue weighted by molar-refractivity contribution is 0.393. The summed E-state index contributed by atoms with van der Waals surface area (Å²) in [6.45, 7) is 4.79. The Balaban J connectivity index is 4.60. The number of hydrogen-bond acceptors (Lipinski definition) is 1. The van der Waals surface area contributed by atoms with Gasteiger partial charge in [-0.15, -0.1) is 0 Å². The van der Waals surface area contributed by atoms with E-state index < -0.39 is 33.6 Å². The molecule has 12 heavy (non-hydrogen) atoms. The Labute approximate surface area is 75.0 Å². The van der Waals surface area contributed by atoms with Crippen LogP contribution < -0.4 is 0 Å². The number of hydrogen-bond donors (Lipinski definition) is 0. The maximum Gasteiger partial charge on any atom is 0.106 e. The van der Waals surface area contributed by atoms with Crippen molar-refractivity contribution >= 4 is 10.8 Å². The van der Waals surface area contributed by atoms with Gasteiger partial charge in [-0.25, -0.2) is 8.78 Å². The van der Waals surface area contributed by atoms with E-state index in [2.05, 4.69) is 0 Å². The van der Waals surface area contributed by atoms with E-state index in [1.165, 1.54) is 0 Å². The molecule has 0 rings (SSSR count). The normalized spacial score (nSPS) is 13.9. The molecule has 0 spiro atoms. The topological polar surface area (TPSA) is 17.1 Å². The van der Waals surface area contributed by atoms with E-state index in [-0.39, 0.29) is 0 Å². The summed E-state index contributed by atoms with van der Waals surface area (Å²) >= 11 is 0. The van der Waals surface area contributed by atoms with Crippen molar-refractivity contribution in [3.63, 3.8) is 0 Å². The quantitative estimate of drug-likeness (QED) is 0.677. The van der Waals surface area contributed by atoms with Crippen LogP contribution in [0.2, 0.25) is 0 Å². The molecular weight excluding hydrogens is 182 g/mol. The minimum atomic E-state index is -1.49. The van der Waals surface area contributed by atoms with Gasteiger partial charge >= 0.3 is 0 Å². The van der Waals surface area contributed by atoms with Crippen molar-refractivity contribution in [2.75, 3.05) is 13.3 Å². The highest BCUT2D eigenvalue weighted by Crippen LogP contribution is 2.25. The summed E-state index contributed by atoms with van der Waals surface area (Å²) in [5.41, 5.74) is 0. The molecule has 74 valence electrons. The van der Waals surface area contributed by atoms with Crippen LogP contribution in [0.15, 0.2) is 0 Å². The zero-order chi connectivity index (χ0) is 9.99. The highest BCUT2D eigenvalue weighted by molar-refractivity contribution is 7.87. The van der Waals surface area contributed by atoms with Gasteiger partial charge in [-0.3, -0.25) is 4.21 Å². The van der Waals surface area contributed by atoms with Gasteiger partial charge in [-0.05, 0) is 27.7 Å². The standard InChI is InChI=1S/C8H16F2OS/c1-7(2,5-9)12(11)8(3,4)6-10/h5-6H2,1-4H3. The fraction of sp³-hybridized carbons (Fsp3) is 1.00. The third kappa shape index (κ3) is 2.51. The lowest BCUT2D eigenvalue weighted by Crippen LogP contribution is -2.43. The van der Waals surface area contributed by atoms with E-state index in [0.29, 0.717) is 0 Å². The van der Waals surface area contributed by atoms with E-state index in [0.717, 1.165) is 0 Å². The highest BCUT2D eigenvalue weighted by atomic mass is 32.2. The molecule has 0 radical (unpaired) electrons. The first-order valence-electron chi connectivity index (χ1n) is 3.82. The molecule has 0 saturated heterocycles. The molecule has 0 heterocycles. The Bertz CT molecular complexity index is 160. The lowest BCUT2D eigenvalue weighted by Gasteiger charge is -2.30. The molecule has 0 aliphatic carbocycles. The molecule has 0 aromatic rings. The van der Waals surface area contributed by atoms with Crippen molar-refractivity contribution in [2.45, 2.75) is 37.2 Å². The fourth-order valence-corrected chi connectivity index (χ4v) is 2.54. The fourth-order valence-electron chi connectivity index (χ4n) is 0.847. The molecular formula is C8H16F2OS. The number of halogens is 2. The van der Waals surface area contributed by atoms with Crippen LogP contribution in [-0.2, 0) is 10.8 Å². The van der Waals surface area contributed by atoms with Crippen LogP contribution in [0.4, 0.5) is 8.78 Å². The highest BCUT2D eigenvalue weighted by Gasteiger charge is 2.37. The Morgan fingerprint density at radius 2 is 1.25 bits per heavy atom. The lowest BCUT2D eigenvalue weighted by atomic mass is 10.2. The van der Waals surface area contributed by atoms with E-state index >= 15 is 0 Å². The maximum atomic E-state index is 12.4. The first-order chi connectivity index (χ1) is 5.28. The smallest absolute Gasteiger partial charge is 0.106 e. The molecule has 1 nitrogen and oxygen atoms in total. The second-order valence-corrected chi connectivity index (χ2v) is 6.80. The van der Waals surface area contributed by atoms with Gasteiger partial charge in [-0.1, -0.05) is 0 Å². The summed E-state index contributed by atoms with van der Waals surface area (Å²) in [7, 11) is -1.49. The van der Waals surface area contributed by atoms with Gasteiger partial charge in [-0.2, -0.15) is 0 Å². The van der Waals surface area contributed by atoms with Crippen LogP contribution in [0.1, 0.15) is 27.7 Å². The summed E-state index contributed by atoms with van der Waals surface area (Å²) in [4.78, 5) is 0. The molecule has 4 heteroatoms. The molecule has 0 aliphatic heterocycles. The van der Waals surface area contributed by atoms with Crippen molar-refractivity contribution in [1.82, 2.24) is 0 Å². The predicted molar refractivity (Wildman–Crippen MR) is 48.3 cm³/mol. The summed E-state index contributed by atoms with van der Waals surface area (Å²) in [5, 5.41) is 0. The van der Waals surface area contributed by atoms with Gasteiger partial charge in [0.15, 0.2) is 0 Å². The van der Waals surface area contributed by atoms with Gasteiger partial charge in [0, 0.05) is 10.8 Å². The summed E-state index contributed by atoms with van der Waals surface area (Å²) in [5.74, 6) is 0. The van der Waals surface area contributed by atoms with Crippen molar-refractivity contribution < 1.29 is 13.0 Å². The van der Waals surface area contributed by atoms with Crippen molar-refractivity contribution in [1.29, 1.82) is 0 Å². The van der Waals surface area contributed by atoms with Gasteiger partial charge in [0.1, 0.15) is 13.3 Å². The second-order valence-electron chi connectivity index (χ2n) is 4.06. The average molecular weight is 198 g/mol. The first kappa shape index (κ1) is 12.0. The molecule has 0 saturated carbocycles. The first-order valence-corrected chi connectivity index (χ1v) is 4.97. The average Bonchev–Trinajstić information content (AvgIpc) is 2.03. The Morgan fingerprint density at radius 3 is 1.42 bits per heavy atom. The van der Waals surface area contributed by atoms with E-state index in [1.807, 2.05) is 0 Å². The molecule has 0 aliphatic rings. The minimum absolute atomic E-state index is 0.691. The number of rotatable bonds is 4. The Kier molecular flexibility index (Phi) is 3.82. The SMILES string of the molecule is CC(C)(CF)S(=O)C(C)(C)CF. The molecule has 0 amide bonds. The molecule has 0 aromatic carbocycles. The molecule has 0 atom stereocenters. The van der Waals surface area contributed by atoms with Crippen molar-refractivity contribution in [3.05, 3.63) is 0 Å². The van der Waals surface area contributed by atoms with Gasteiger partial charge in [0.25, 0.3) is 0 Å². The van der Waals surface area contributed by atoms with Crippen LogP contribution in [0.3, 0.4) is 0 Å². The van der Waals surface area contributed by atoms with Crippen molar-refractivity contribution in [2.24, 2.45) is 0 Å². The van der Waals surface area contributed by atoms with Crippen molar-refractivity contribution in [3.8, 4) is 0 Å². The van der Waals surface area contributed by atoms with E-state index in [1.54, 1.807) is 27.7 Å². The molecule has 0 N–H and O–H groups in total. The molecule has 0 unspecified atom stereocenters. The largest absolute Gasteiger partial charge is 0.258 e. The Morgan fingerprint density at radius 1 is 1.00 bits per heavy atom. The summed E-state index contributed by atoms with van der Waals surface area (Å²) in [6, 6.07) is 0. The molecule has 0 aromatic heterocycles. The Hall–Kier alpha value is 0.01000. The van der Waals surface area contributed by atoms with Gasteiger partial charge < -0.3 is 0 Å². The van der Waals surface area contributed by atoms with Crippen LogP contribution in [-0.4, -0.2) is 27.1 Å². The summed E-state index contributed by atoms with van der Waals surface area (Å²) < 4.78 is 34.4. The third-order valence-electron chi connectivity index (χ3n) is 1.65. The zero-order valence-electron chi connectivity index (χ0n) is 7.99. The van der Waals surface area contributed by atoms with Gasteiger partial charge in [0.05, 0.1) is 9.49 Å². The van der Waals surface area contributed by atoms with E-state index in [9.17, 15) is 13.0 Å². The monoisotopic (exact) mass is 198 g/mol. The maximum absolute atomic E-state index is 12.4. The van der Waals surface area contributed by atoms with Crippen LogP contribution >= 0.6 is 0 Å². The summed E-state index contributed by atoms with van der Waals surface area (Å²) in [6.07, 6.45) is 0. The number of alkyl halides is 2.